The van der Waals surface area contributed by atoms with E-state index >= 15 is 0 Å². The number of halogens is 2. The van der Waals surface area contributed by atoms with E-state index in [-0.39, 0.29) is 23.8 Å². The fraction of sp³-hybridized carbons (Fsp3) is 0.417. The van der Waals surface area contributed by atoms with Crippen molar-refractivity contribution in [1.29, 1.82) is 0 Å². The summed E-state index contributed by atoms with van der Waals surface area (Å²) in [4.78, 5) is 11.5. The van der Waals surface area contributed by atoms with Gasteiger partial charge in [0, 0.05) is 12.1 Å². The summed E-state index contributed by atoms with van der Waals surface area (Å²) in [6, 6.07) is 3.71. The van der Waals surface area contributed by atoms with Gasteiger partial charge in [-0.2, -0.15) is 0 Å². The smallest absolute Gasteiger partial charge is 0.341 e. The monoisotopic (exact) mass is 276 g/mol. The zero-order valence-corrected chi connectivity index (χ0v) is 10.7. The van der Waals surface area contributed by atoms with Gasteiger partial charge in [0.15, 0.2) is 0 Å². The first-order chi connectivity index (χ1) is 8.65. The minimum Gasteiger partial charge on any atom is -0.460 e. The molecule has 0 atom stereocenters. The van der Waals surface area contributed by atoms with Gasteiger partial charge in [-0.05, 0) is 18.2 Å². The highest BCUT2D eigenvalue weighted by atomic mass is 35.5. The van der Waals surface area contributed by atoms with Gasteiger partial charge in [0.05, 0.1) is 25.4 Å². The second-order valence-corrected chi connectivity index (χ2v) is 3.80. The molecular weight excluding hydrogens is 263 g/mol. The lowest BCUT2D eigenvalue weighted by Crippen LogP contribution is -2.13. The minimum atomic E-state index is -0.759. The van der Waals surface area contributed by atoms with Crippen LogP contribution in [0.25, 0.3) is 0 Å². The van der Waals surface area contributed by atoms with E-state index in [4.69, 9.17) is 25.8 Å². The minimum absolute atomic E-state index is 0.0501. The highest BCUT2D eigenvalue weighted by Gasteiger charge is 2.13. The zero-order chi connectivity index (χ0) is 13.4. The summed E-state index contributed by atoms with van der Waals surface area (Å²) in [5.41, 5.74) is -0.181. The second-order valence-electron chi connectivity index (χ2n) is 3.37. The molecule has 100 valence electrons. The molecule has 0 heterocycles. The Morgan fingerprint density at radius 2 is 2.00 bits per heavy atom. The molecule has 0 spiro atoms. The highest BCUT2D eigenvalue weighted by Crippen LogP contribution is 2.15. The van der Waals surface area contributed by atoms with E-state index < -0.39 is 11.8 Å². The molecule has 0 aliphatic heterocycles. The molecule has 18 heavy (non-hydrogen) atoms. The molecule has 1 rings (SSSR count). The second kappa shape index (κ2) is 8.02. The molecule has 0 amide bonds. The Bertz CT molecular complexity index is 398. The van der Waals surface area contributed by atoms with Crippen molar-refractivity contribution in [3.63, 3.8) is 0 Å². The number of carbonyl (C=O) groups excluding carboxylic acids is 1. The van der Waals surface area contributed by atoms with Crippen LogP contribution in [0.2, 0.25) is 5.02 Å². The van der Waals surface area contributed by atoms with Crippen molar-refractivity contribution >= 4 is 17.6 Å². The van der Waals surface area contributed by atoms with Gasteiger partial charge in [0.1, 0.15) is 12.4 Å². The molecule has 0 unspecified atom stereocenters. The standard InChI is InChI=1S/C12H14ClFO4/c1-16-4-5-17-6-7-18-12(15)10-8-9(13)2-3-11(10)14/h2-3,8H,4-7H2,1H3. The molecular formula is C12H14ClFO4. The first-order valence-corrected chi connectivity index (χ1v) is 5.72. The van der Waals surface area contributed by atoms with E-state index in [0.717, 1.165) is 6.07 Å². The Morgan fingerprint density at radius 1 is 1.28 bits per heavy atom. The zero-order valence-electron chi connectivity index (χ0n) is 9.95. The van der Waals surface area contributed by atoms with E-state index in [1.165, 1.54) is 12.1 Å². The van der Waals surface area contributed by atoms with Crippen molar-refractivity contribution in [3.8, 4) is 0 Å². The number of carbonyl (C=O) groups is 1. The molecule has 0 bridgehead atoms. The summed E-state index contributed by atoms with van der Waals surface area (Å²) in [5.74, 6) is -1.42. The van der Waals surface area contributed by atoms with Crippen LogP contribution in [0, 0.1) is 5.82 Å². The van der Waals surface area contributed by atoms with E-state index in [2.05, 4.69) is 0 Å². The van der Waals surface area contributed by atoms with Crippen LogP contribution in [-0.4, -0.2) is 39.5 Å². The summed E-state index contributed by atoms with van der Waals surface area (Å²) in [7, 11) is 1.56. The number of rotatable bonds is 7. The van der Waals surface area contributed by atoms with Crippen LogP contribution in [-0.2, 0) is 14.2 Å². The first kappa shape index (κ1) is 14.9. The Morgan fingerprint density at radius 3 is 2.72 bits per heavy atom. The molecule has 0 fully saturated rings. The van der Waals surface area contributed by atoms with Crippen molar-refractivity contribution < 1.29 is 23.4 Å². The summed E-state index contributed by atoms with van der Waals surface area (Å²) in [6.07, 6.45) is 0. The molecule has 0 saturated heterocycles. The Balaban J connectivity index is 2.34. The maximum Gasteiger partial charge on any atom is 0.341 e. The van der Waals surface area contributed by atoms with Gasteiger partial charge in [-0.25, -0.2) is 9.18 Å². The number of ether oxygens (including phenoxy) is 3. The Hall–Kier alpha value is -1.17. The molecule has 0 radical (unpaired) electrons. The SMILES string of the molecule is COCCOCCOC(=O)c1cc(Cl)ccc1F. The third kappa shape index (κ3) is 5.00. The lowest BCUT2D eigenvalue weighted by Gasteiger charge is -2.06. The van der Waals surface area contributed by atoms with E-state index in [1.54, 1.807) is 7.11 Å². The van der Waals surface area contributed by atoms with Gasteiger partial charge in [-0.1, -0.05) is 11.6 Å². The molecule has 4 nitrogen and oxygen atoms in total. The molecule has 0 N–H and O–H groups in total. The fourth-order valence-electron chi connectivity index (χ4n) is 1.17. The van der Waals surface area contributed by atoms with Gasteiger partial charge < -0.3 is 14.2 Å². The maximum atomic E-state index is 13.3. The average molecular weight is 277 g/mol. The van der Waals surface area contributed by atoms with Crippen molar-refractivity contribution in [2.45, 2.75) is 0 Å². The van der Waals surface area contributed by atoms with Gasteiger partial charge >= 0.3 is 5.97 Å². The van der Waals surface area contributed by atoms with Crippen molar-refractivity contribution in [2.24, 2.45) is 0 Å². The lowest BCUT2D eigenvalue weighted by atomic mass is 10.2. The average Bonchev–Trinajstić information content (AvgIpc) is 2.36. The fourth-order valence-corrected chi connectivity index (χ4v) is 1.34. The van der Waals surface area contributed by atoms with Gasteiger partial charge in [0.2, 0.25) is 0 Å². The maximum absolute atomic E-state index is 13.3. The van der Waals surface area contributed by atoms with E-state index in [1.807, 2.05) is 0 Å². The van der Waals surface area contributed by atoms with Crippen molar-refractivity contribution in [2.75, 3.05) is 33.5 Å². The number of hydrogen-bond donors (Lipinski definition) is 0. The summed E-state index contributed by atoms with van der Waals surface area (Å²) < 4.78 is 28.0. The molecule has 6 heteroatoms. The van der Waals surface area contributed by atoms with Crippen LogP contribution in [0.1, 0.15) is 10.4 Å². The predicted molar refractivity (Wildman–Crippen MR) is 64.4 cm³/mol. The third-order valence-electron chi connectivity index (χ3n) is 2.04. The molecule has 0 aromatic heterocycles. The summed E-state index contributed by atoms with van der Waals surface area (Å²) in [5, 5.41) is 0.277. The molecule has 0 saturated carbocycles. The van der Waals surface area contributed by atoms with Crippen molar-refractivity contribution in [3.05, 3.63) is 34.6 Å². The molecule has 1 aromatic carbocycles. The number of methoxy groups -OCH3 is 1. The van der Waals surface area contributed by atoms with Crippen LogP contribution in [0.3, 0.4) is 0 Å². The number of esters is 1. The van der Waals surface area contributed by atoms with Gasteiger partial charge in [-0.3, -0.25) is 0 Å². The quantitative estimate of drug-likeness (QED) is 0.566. The molecule has 0 aliphatic rings. The van der Waals surface area contributed by atoms with Crippen LogP contribution in [0.4, 0.5) is 4.39 Å². The lowest BCUT2D eigenvalue weighted by molar-refractivity contribution is 0.0210. The summed E-state index contributed by atoms with van der Waals surface area (Å²) >= 11 is 5.67. The van der Waals surface area contributed by atoms with Crippen LogP contribution < -0.4 is 0 Å². The molecule has 0 aliphatic carbocycles. The largest absolute Gasteiger partial charge is 0.460 e. The van der Waals surface area contributed by atoms with E-state index in [0.29, 0.717) is 13.2 Å². The van der Waals surface area contributed by atoms with Crippen molar-refractivity contribution in [1.82, 2.24) is 0 Å². The normalized spacial score (nSPS) is 10.4. The Labute approximate surface area is 110 Å². The summed E-state index contributed by atoms with van der Waals surface area (Å²) in [6.45, 7) is 1.17. The number of benzene rings is 1. The van der Waals surface area contributed by atoms with Crippen LogP contribution in [0.5, 0.6) is 0 Å². The van der Waals surface area contributed by atoms with Gasteiger partial charge in [0.25, 0.3) is 0 Å². The number of hydrogen-bond acceptors (Lipinski definition) is 4. The third-order valence-corrected chi connectivity index (χ3v) is 2.28. The molecule has 1 aromatic rings. The predicted octanol–water partition coefficient (Wildman–Crippen LogP) is 2.30. The first-order valence-electron chi connectivity index (χ1n) is 5.34. The topological polar surface area (TPSA) is 44.8 Å². The van der Waals surface area contributed by atoms with Crippen LogP contribution in [0.15, 0.2) is 18.2 Å². The van der Waals surface area contributed by atoms with E-state index in [9.17, 15) is 9.18 Å². The highest BCUT2D eigenvalue weighted by molar-refractivity contribution is 6.30. The van der Waals surface area contributed by atoms with Crippen LogP contribution >= 0.6 is 11.6 Å². The Kier molecular flexibility index (Phi) is 6.64. The van der Waals surface area contributed by atoms with Gasteiger partial charge in [-0.15, -0.1) is 0 Å².